The molecule has 0 aliphatic heterocycles. The predicted octanol–water partition coefficient (Wildman–Crippen LogP) is 2.32. The molecule has 0 bridgehead atoms. The lowest BCUT2D eigenvalue weighted by Gasteiger charge is -2.27. The van der Waals surface area contributed by atoms with Gasteiger partial charge in [0.2, 0.25) is 11.7 Å². The van der Waals surface area contributed by atoms with E-state index < -0.39 is 17.3 Å². The molecule has 0 saturated heterocycles. The molecule has 1 aliphatic carbocycles. The highest BCUT2D eigenvalue weighted by atomic mass is 19.1. The topological polar surface area (TPSA) is 88.9 Å². The molecule has 1 saturated carbocycles. The molecule has 1 aromatic heterocycles. The van der Waals surface area contributed by atoms with Crippen LogP contribution in [0.4, 0.5) is 4.39 Å². The van der Waals surface area contributed by atoms with E-state index in [0.717, 1.165) is 12.8 Å². The van der Waals surface area contributed by atoms with Gasteiger partial charge in [0.1, 0.15) is 17.2 Å². The molecule has 1 heterocycles. The average Bonchev–Trinajstić information content (AvgIpc) is 3.29. The van der Waals surface area contributed by atoms with Crippen molar-refractivity contribution in [2.24, 2.45) is 0 Å². The van der Waals surface area contributed by atoms with Crippen molar-refractivity contribution in [2.75, 3.05) is 7.05 Å². The molecule has 2 aromatic rings. The lowest BCUT2D eigenvalue weighted by molar-refractivity contribution is -0.126. The first kappa shape index (κ1) is 19.0. The Hall–Kier alpha value is -2.77. The van der Waals surface area contributed by atoms with Gasteiger partial charge in [-0.3, -0.25) is 9.59 Å². The van der Waals surface area contributed by atoms with Crippen LogP contribution in [0.15, 0.2) is 24.3 Å². The number of likely N-dealkylation sites (N-methyl/N-ethyl adjacent to an activating group) is 1. The molecule has 0 atom stereocenters. The van der Waals surface area contributed by atoms with Crippen LogP contribution < -0.4 is 10.6 Å². The standard InChI is InChI=1S/C19H24FN5O2/c1-12(2)16-22-15(24-25(16)14-8-6-7-13(20)11-14)17(26)23-19(18(27)21-3)9-4-5-10-19/h6-8,11-12H,4-5,9-10H2,1-3H3,(H,21,27)(H,23,26). The summed E-state index contributed by atoms with van der Waals surface area (Å²) in [6.45, 7) is 3.84. The van der Waals surface area contributed by atoms with Gasteiger partial charge in [-0.15, -0.1) is 5.10 Å². The molecule has 1 aliphatic rings. The number of halogens is 1. The Bertz CT molecular complexity index is 856. The Kier molecular flexibility index (Phi) is 5.25. The summed E-state index contributed by atoms with van der Waals surface area (Å²) in [5, 5.41) is 9.76. The van der Waals surface area contributed by atoms with Crippen LogP contribution in [0.1, 0.15) is 61.9 Å². The summed E-state index contributed by atoms with van der Waals surface area (Å²) in [6, 6.07) is 5.96. The third-order valence-electron chi connectivity index (χ3n) is 4.88. The molecule has 7 nitrogen and oxygen atoms in total. The van der Waals surface area contributed by atoms with E-state index in [1.165, 1.54) is 16.8 Å². The highest BCUT2D eigenvalue weighted by molar-refractivity contribution is 5.97. The van der Waals surface area contributed by atoms with Gasteiger partial charge < -0.3 is 10.6 Å². The number of carbonyl (C=O) groups excluding carboxylic acids is 2. The Morgan fingerprint density at radius 1 is 1.26 bits per heavy atom. The van der Waals surface area contributed by atoms with Gasteiger partial charge in [-0.2, -0.15) is 0 Å². The van der Waals surface area contributed by atoms with E-state index in [1.807, 2.05) is 13.8 Å². The summed E-state index contributed by atoms with van der Waals surface area (Å²) >= 11 is 0. The lowest BCUT2D eigenvalue weighted by Crippen LogP contribution is -2.56. The van der Waals surface area contributed by atoms with E-state index in [9.17, 15) is 14.0 Å². The number of nitrogens with one attached hydrogen (secondary N) is 2. The summed E-state index contributed by atoms with van der Waals surface area (Å²) < 4.78 is 15.1. The van der Waals surface area contributed by atoms with Crippen molar-refractivity contribution >= 4 is 11.8 Å². The fourth-order valence-corrected chi connectivity index (χ4v) is 3.49. The molecular weight excluding hydrogens is 349 g/mol. The van der Waals surface area contributed by atoms with Crippen molar-refractivity contribution < 1.29 is 14.0 Å². The predicted molar refractivity (Wildman–Crippen MR) is 98.1 cm³/mol. The fourth-order valence-electron chi connectivity index (χ4n) is 3.49. The molecule has 8 heteroatoms. The molecule has 0 unspecified atom stereocenters. The Morgan fingerprint density at radius 3 is 2.56 bits per heavy atom. The van der Waals surface area contributed by atoms with Crippen molar-refractivity contribution in [1.82, 2.24) is 25.4 Å². The molecule has 2 N–H and O–H groups in total. The summed E-state index contributed by atoms with van der Waals surface area (Å²) in [7, 11) is 1.56. The van der Waals surface area contributed by atoms with Crippen LogP contribution in [0.3, 0.4) is 0 Å². The first-order valence-electron chi connectivity index (χ1n) is 9.14. The van der Waals surface area contributed by atoms with Crippen LogP contribution in [-0.2, 0) is 4.79 Å². The molecule has 144 valence electrons. The highest BCUT2D eigenvalue weighted by Crippen LogP contribution is 2.30. The Morgan fingerprint density at radius 2 is 1.96 bits per heavy atom. The number of amides is 2. The highest BCUT2D eigenvalue weighted by Gasteiger charge is 2.42. The van der Waals surface area contributed by atoms with Crippen LogP contribution >= 0.6 is 0 Å². The summed E-state index contributed by atoms with van der Waals surface area (Å²) in [5.74, 6) is -0.612. The second kappa shape index (κ2) is 7.46. The van der Waals surface area contributed by atoms with E-state index in [1.54, 1.807) is 19.2 Å². The SMILES string of the molecule is CNC(=O)C1(NC(=O)c2nc(C(C)C)n(-c3cccc(F)c3)n2)CCCC1. The van der Waals surface area contributed by atoms with E-state index in [4.69, 9.17) is 0 Å². The van der Waals surface area contributed by atoms with Gasteiger partial charge >= 0.3 is 0 Å². The average molecular weight is 373 g/mol. The number of carbonyl (C=O) groups is 2. The third kappa shape index (κ3) is 3.70. The smallest absolute Gasteiger partial charge is 0.291 e. The second-order valence-corrected chi connectivity index (χ2v) is 7.16. The zero-order valence-electron chi connectivity index (χ0n) is 15.8. The maximum absolute atomic E-state index is 13.6. The molecule has 0 spiro atoms. The molecule has 0 radical (unpaired) electrons. The quantitative estimate of drug-likeness (QED) is 0.842. The van der Waals surface area contributed by atoms with Gasteiger partial charge in [-0.05, 0) is 31.0 Å². The summed E-state index contributed by atoms with van der Waals surface area (Å²) in [4.78, 5) is 29.5. The second-order valence-electron chi connectivity index (χ2n) is 7.16. The van der Waals surface area contributed by atoms with Gasteiger partial charge in [0, 0.05) is 13.0 Å². The number of hydrogen-bond acceptors (Lipinski definition) is 4. The maximum atomic E-state index is 13.6. The van der Waals surface area contributed by atoms with Crippen molar-refractivity contribution in [3.8, 4) is 5.69 Å². The van der Waals surface area contributed by atoms with Crippen LogP contribution in [0.5, 0.6) is 0 Å². The first-order valence-corrected chi connectivity index (χ1v) is 9.14. The van der Waals surface area contributed by atoms with Crippen molar-refractivity contribution in [3.63, 3.8) is 0 Å². The molecule has 1 fully saturated rings. The van der Waals surface area contributed by atoms with E-state index in [0.29, 0.717) is 24.4 Å². The minimum absolute atomic E-state index is 0.0262. The summed E-state index contributed by atoms with van der Waals surface area (Å²) in [5.41, 5.74) is -0.430. The monoisotopic (exact) mass is 373 g/mol. The van der Waals surface area contributed by atoms with Gasteiger partial charge in [0.05, 0.1) is 5.69 Å². The minimum atomic E-state index is -0.922. The largest absolute Gasteiger partial charge is 0.357 e. The number of nitrogens with zero attached hydrogens (tertiary/aromatic N) is 3. The van der Waals surface area contributed by atoms with Crippen molar-refractivity contribution in [3.05, 3.63) is 41.7 Å². The zero-order valence-corrected chi connectivity index (χ0v) is 15.8. The van der Waals surface area contributed by atoms with Gasteiger partial charge in [-0.25, -0.2) is 14.1 Å². The normalized spacial score (nSPS) is 15.7. The molecule has 2 amide bonds. The zero-order chi connectivity index (χ0) is 19.6. The van der Waals surface area contributed by atoms with E-state index in [-0.39, 0.29) is 17.6 Å². The number of aromatic nitrogens is 3. The van der Waals surface area contributed by atoms with Crippen LogP contribution in [0.2, 0.25) is 0 Å². The van der Waals surface area contributed by atoms with Crippen molar-refractivity contribution in [1.29, 1.82) is 0 Å². The van der Waals surface area contributed by atoms with E-state index >= 15 is 0 Å². The molecule has 27 heavy (non-hydrogen) atoms. The summed E-state index contributed by atoms with van der Waals surface area (Å²) in [6.07, 6.45) is 2.91. The number of rotatable bonds is 5. The van der Waals surface area contributed by atoms with Gasteiger partial charge in [0.15, 0.2) is 0 Å². The van der Waals surface area contributed by atoms with Crippen LogP contribution in [-0.4, -0.2) is 39.2 Å². The Labute approximate surface area is 157 Å². The first-order chi connectivity index (χ1) is 12.9. The van der Waals surface area contributed by atoms with Gasteiger partial charge in [-0.1, -0.05) is 32.8 Å². The molecule has 3 rings (SSSR count). The van der Waals surface area contributed by atoms with Gasteiger partial charge in [0.25, 0.3) is 5.91 Å². The van der Waals surface area contributed by atoms with E-state index in [2.05, 4.69) is 20.7 Å². The third-order valence-corrected chi connectivity index (χ3v) is 4.88. The maximum Gasteiger partial charge on any atom is 0.291 e. The lowest BCUT2D eigenvalue weighted by atomic mass is 9.96. The number of hydrogen-bond donors (Lipinski definition) is 2. The molecule has 1 aromatic carbocycles. The van der Waals surface area contributed by atoms with Crippen LogP contribution in [0.25, 0.3) is 5.69 Å². The molecular formula is C19H24FN5O2. The minimum Gasteiger partial charge on any atom is -0.357 e. The van der Waals surface area contributed by atoms with Crippen LogP contribution in [0, 0.1) is 5.82 Å². The Balaban J connectivity index is 1.94. The van der Waals surface area contributed by atoms with Crippen molar-refractivity contribution in [2.45, 2.75) is 51.0 Å². The number of benzene rings is 1. The fraction of sp³-hybridized carbons (Fsp3) is 0.474.